The molecule has 1 N–H and O–H groups in total. The van der Waals surface area contributed by atoms with E-state index in [1.807, 2.05) is 14.1 Å². The number of nitrogens with zero attached hydrogens (tertiary/aromatic N) is 1. The molecule has 2 nitrogen and oxygen atoms in total. The first-order valence-corrected chi connectivity index (χ1v) is 5.96. The van der Waals surface area contributed by atoms with Gasteiger partial charge in [-0.2, -0.15) is 0 Å². The Morgan fingerprint density at radius 1 is 1.44 bits per heavy atom. The van der Waals surface area contributed by atoms with Crippen LogP contribution < -0.4 is 5.32 Å². The van der Waals surface area contributed by atoms with Gasteiger partial charge in [0.2, 0.25) is 0 Å². The third kappa shape index (κ3) is 1.66. The van der Waals surface area contributed by atoms with E-state index in [-0.39, 0.29) is 11.9 Å². The maximum Gasteiger partial charge on any atom is 0.123 e. The summed E-state index contributed by atoms with van der Waals surface area (Å²) in [4.78, 5) is 0. The van der Waals surface area contributed by atoms with E-state index in [0.717, 1.165) is 21.1 Å². The Bertz CT molecular complexity index is 533. The first-order valence-electron chi connectivity index (χ1n) is 5.17. The number of hydrogen-bond acceptors (Lipinski definition) is 1. The van der Waals surface area contributed by atoms with Gasteiger partial charge in [0.05, 0.1) is 0 Å². The molecule has 4 heteroatoms. The smallest absolute Gasteiger partial charge is 0.123 e. The van der Waals surface area contributed by atoms with E-state index in [1.54, 1.807) is 12.1 Å². The van der Waals surface area contributed by atoms with E-state index in [2.05, 4.69) is 32.7 Å². The number of benzene rings is 1. The Balaban J connectivity index is 2.76. The lowest BCUT2D eigenvalue weighted by molar-refractivity contribution is 0.607. The highest BCUT2D eigenvalue weighted by Crippen LogP contribution is 2.34. The summed E-state index contributed by atoms with van der Waals surface area (Å²) in [5.74, 6) is -0.206. The van der Waals surface area contributed by atoms with Crippen molar-refractivity contribution >= 4 is 26.8 Å². The van der Waals surface area contributed by atoms with Crippen molar-refractivity contribution in [2.45, 2.75) is 13.0 Å². The Hall–Kier alpha value is -0.870. The molecule has 1 aromatic heterocycles. The van der Waals surface area contributed by atoms with Crippen LogP contribution in [0.2, 0.25) is 0 Å². The zero-order chi connectivity index (χ0) is 11.9. The fourth-order valence-electron chi connectivity index (χ4n) is 2.01. The number of aryl methyl sites for hydroxylation is 1. The molecule has 0 aliphatic carbocycles. The minimum atomic E-state index is -0.206. The molecule has 0 fully saturated rings. The molecule has 1 unspecified atom stereocenters. The first-order chi connectivity index (χ1) is 7.56. The van der Waals surface area contributed by atoms with Crippen LogP contribution in [-0.4, -0.2) is 11.6 Å². The highest BCUT2D eigenvalue weighted by molar-refractivity contribution is 9.10. The van der Waals surface area contributed by atoms with Crippen LogP contribution in [0.4, 0.5) is 4.39 Å². The van der Waals surface area contributed by atoms with Crippen molar-refractivity contribution in [3.63, 3.8) is 0 Å². The Morgan fingerprint density at radius 3 is 2.75 bits per heavy atom. The van der Waals surface area contributed by atoms with E-state index < -0.39 is 0 Å². The average Bonchev–Trinajstić information content (AvgIpc) is 2.51. The van der Waals surface area contributed by atoms with E-state index in [0.29, 0.717) is 0 Å². The third-order valence-electron chi connectivity index (χ3n) is 2.99. The highest BCUT2D eigenvalue weighted by Gasteiger charge is 2.17. The van der Waals surface area contributed by atoms with Crippen molar-refractivity contribution in [1.82, 2.24) is 9.88 Å². The molecule has 0 spiro atoms. The topological polar surface area (TPSA) is 17.0 Å². The minimum Gasteiger partial charge on any atom is -0.345 e. The number of aromatic nitrogens is 1. The van der Waals surface area contributed by atoms with Gasteiger partial charge in [-0.15, -0.1) is 0 Å². The minimum absolute atomic E-state index is 0.206. The van der Waals surface area contributed by atoms with Crippen LogP contribution in [0.25, 0.3) is 10.9 Å². The summed E-state index contributed by atoms with van der Waals surface area (Å²) in [6, 6.07) is 5.07. The summed E-state index contributed by atoms with van der Waals surface area (Å²) in [5, 5.41) is 4.11. The number of hydrogen-bond donors (Lipinski definition) is 1. The van der Waals surface area contributed by atoms with Gasteiger partial charge >= 0.3 is 0 Å². The standard InChI is InChI=1S/C12H14BrFN2/c1-7(15-2)12-11(13)9-6-8(14)4-5-10(9)16(12)3/h4-7,15H,1-3H3. The van der Waals surface area contributed by atoms with Gasteiger partial charge in [0.15, 0.2) is 0 Å². The SMILES string of the molecule is CNC(C)c1c(Br)c2cc(F)ccc2n1C. The lowest BCUT2D eigenvalue weighted by Crippen LogP contribution is -2.15. The van der Waals surface area contributed by atoms with Crippen molar-refractivity contribution in [3.8, 4) is 0 Å². The molecule has 16 heavy (non-hydrogen) atoms. The summed E-state index contributed by atoms with van der Waals surface area (Å²) in [6.07, 6.45) is 0. The molecule has 0 bridgehead atoms. The zero-order valence-electron chi connectivity index (χ0n) is 9.51. The van der Waals surface area contributed by atoms with Crippen molar-refractivity contribution in [2.75, 3.05) is 7.05 Å². The van der Waals surface area contributed by atoms with E-state index in [4.69, 9.17) is 0 Å². The van der Waals surface area contributed by atoms with Gasteiger partial charge in [-0.3, -0.25) is 0 Å². The first kappa shape index (κ1) is 11.6. The second kappa shape index (κ2) is 4.18. The maximum absolute atomic E-state index is 13.2. The molecule has 1 atom stereocenters. The molecule has 1 heterocycles. The van der Waals surface area contributed by atoms with Crippen LogP contribution in [0.3, 0.4) is 0 Å². The van der Waals surface area contributed by atoms with Crippen LogP contribution in [0, 0.1) is 5.82 Å². The van der Waals surface area contributed by atoms with E-state index >= 15 is 0 Å². The summed E-state index contributed by atoms with van der Waals surface area (Å²) in [5.41, 5.74) is 2.16. The van der Waals surface area contributed by atoms with Crippen molar-refractivity contribution in [3.05, 3.63) is 34.2 Å². The van der Waals surface area contributed by atoms with E-state index in [9.17, 15) is 4.39 Å². The van der Waals surface area contributed by atoms with Gasteiger partial charge < -0.3 is 9.88 Å². The van der Waals surface area contributed by atoms with E-state index in [1.165, 1.54) is 6.07 Å². The largest absolute Gasteiger partial charge is 0.345 e. The average molecular weight is 285 g/mol. The molecule has 2 aromatic rings. The zero-order valence-corrected chi connectivity index (χ0v) is 11.1. The molecule has 0 amide bonds. The number of halogens is 2. The van der Waals surface area contributed by atoms with Gasteiger partial charge in [0, 0.05) is 34.2 Å². The third-order valence-corrected chi connectivity index (χ3v) is 3.82. The van der Waals surface area contributed by atoms with Crippen LogP contribution in [0.1, 0.15) is 18.7 Å². The molecule has 0 aliphatic rings. The number of nitrogens with one attached hydrogen (secondary N) is 1. The highest BCUT2D eigenvalue weighted by atomic mass is 79.9. The summed E-state index contributed by atoms with van der Waals surface area (Å²) in [7, 11) is 3.91. The van der Waals surface area contributed by atoms with Crippen molar-refractivity contribution < 1.29 is 4.39 Å². The Morgan fingerprint density at radius 2 is 2.12 bits per heavy atom. The molecule has 0 saturated carbocycles. The molecular formula is C12H14BrFN2. The molecule has 0 radical (unpaired) electrons. The second-order valence-corrected chi connectivity index (χ2v) is 4.72. The fourth-order valence-corrected chi connectivity index (χ4v) is 2.94. The van der Waals surface area contributed by atoms with Gasteiger partial charge in [-0.25, -0.2) is 4.39 Å². The lowest BCUT2D eigenvalue weighted by atomic mass is 10.2. The molecule has 0 saturated heterocycles. The van der Waals surface area contributed by atoms with Gasteiger partial charge in [-0.05, 0) is 48.1 Å². The molecular weight excluding hydrogens is 271 g/mol. The van der Waals surface area contributed by atoms with Crippen LogP contribution in [-0.2, 0) is 7.05 Å². The van der Waals surface area contributed by atoms with Gasteiger partial charge in [0.1, 0.15) is 5.82 Å². The second-order valence-electron chi connectivity index (χ2n) is 3.93. The van der Waals surface area contributed by atoms with Gasteiger partial charge in [0.25, 0.3) is 0 Å². The summed E-state index contributed by atoms with van der Waals surface area (Å²) in [6.45, 7) is 2.08. The summed E-state index contributed by atoms with van der Waals surface area (Å²) >= 11 is 3.55. The fraction of sp³-hybridized carbons (Fsp3) is 0.333. The van der Waals surface area contributed by atoms with Crippen LogP contribution in [0.5, 0.6) is 0 Å². The Labute approximate surface area is 103 Å². The quantitative estimate of drug-likeness (QED) is 0.895. The molecule has 86 valence electrons. The monoisotopic (exact) mass is 284 g/mol. The Kier molecular flexibility index (Phi) is 3.04. The summed E-state index contributed by atoms with van der Waals surface area (Å²) < 4.78 is 16.2. The molecule has 2 rings (SSSR count). The maximum atomic E-state index is 13.2. The molecule has 1 aromatic carbocycles. The number of rotatable bonds is 2. The normalized spacial score (nSPS) is 13.3. The predicted octanol–water partition coefficient (Wildman–Crippen LogP) is 3.36. The molecule has 0 aliphatic heterocycles. The predicted molar refractivity (Wildman–Crippen MR) is 68.1 cm³/mol. The van der Waals surface area contributed by atoms with Crippen molar-refractivity contribution in [2.24, 2.45) is 7.05 Å². The number of fused-ring (bicyclic) bond motifs is 1. The van der Waals surface area contributed by atoms with Crippen molar-refractivity contribution in [1.29, 1.82) is 0 Å². The van der Waals surface area contributed by atoms with Crippen LogP contribution in [0.15, 0.2) is 22.7 Å². The lowest BCUT2D eigenvalue weighted by Gasteiger charge is -2.12. The van der Waals surface area contributed by atoms with Gasteiger partial charge in [-0.1, -0.05) is 0 Å². The van der Waals surface area contributed by atoms with Crippen LogP contribution >= 0.6 is 15.9 Å².